The number of carbonyl (C=O) groups is 2. The zero-order chi connectivity index (χ0) is 18.7. The number of anilines is 1. The molecular weight excluding hydrogens is 350 g/mol. The fourth-order valence-electron chi connectivity index (χ4n) is 2.76. The van der Waals surface area contributed by atoms with Gasteiger partial charge in [0.15, 0.2) is 0 Å². The topological polar surface area (TPSA) is 66.1 Å². The van der Waals surface area contributed by atoms with Crippen molar-refractivity contribution in [2.45, 2.75) is 20.4 Å². The van der Waals surface area contributed by atoms with E-state index in [-0.39, 0.29) is 11.7 Å². The Labute approximate surface area is 156 Å². The van der Waals surface area contributed by atoms with E-state index in [9.17, 15) is 9.59 Å². The van der Waals surface area contributed by atoms with E-state index < -0.39 is 0 Å². The molecular formula is C20H18ClN3O2. The Morgan fingerprint density at radius 2 is 1.92 bits per heavy atom. The van der Waals surface area contributed by atoms with Crippen LogP contribution in [0.3, 0.4) is 0 Å². The van der Waals surface area contributed by atoms with Crippen LogP contribution in [-0.2, 0) is 11.3 Å². The standard InChI is InChI=1S/C20H18ClN3O2/c1-13-10-17(12-24(14(2)25)18-4-3-9-22-11-18)23-19(13)20(26)15-5-7-16(21)8-6-15/h3-11,23H,12H2,1-2H3. The van der Waals surface area contributed by atoms with Crippen LogP contribution < -0.4 is 4.90 Å². The number of aromatic nitrogens is 2. The monoisotopic (exact) mass is 367 g/mol. The number of aryl methyl sites for hydroxylation is 1. The summed E-state index contributed by atoms with van der Waals surface area (Å²) in [5.74, 6) is -0.211. The van der Waals surface area contributed by atoms with Crippen LogP contribution in [0.4, 0.5) is 5.69 Å². The SMILES string of the molecule is CC(=O)N(Cc1cc(C)c(C(=O)c2ccc(Cl)cc2)[nH]1)c1cccnc1. The minimum atomic E-state index is -0.110. The summed E-state index contributed by atoms with van der Waals surface area (Å²) >= 11 is 5.88. The second kappa shape index (κ2) is 7.54. The van der Waals surface area contributed by atoms with Gasteiger partial charge in [-0.05, 0) is 55.0 Å². The predicted octanol–water partition coefficient (Wildman–Crippen LogP) is 4.16. The van der Waals surface area contributed by atoms with Gasteiger partial charge in [0.25, 0.3) is 0 Å². The van der Waals surface area contributed by atoms with Crippen molar-refractivity contribution in [3.05, 3.63) is 82.4 Å². The first-order valence-corrected chi connectivity index (χ1v) is 8.50. The number of hydrogen-bond acceptors (Lipinski definition) is 3. The zero-order valence-electron chi connectivity index (χ0n) is 14.5. The molecule has 1 N–H and O–H groups in total. The normalized spacial score (nSPS) is 10.6. The number of nitrogens with one attached hydrogen (secondary N) is 1. The molecule has 0 fully saturated rings. The van der Waals surface area contributed by atoms with Gasteiger partial charge in [0.05, 0.1) is 24.1 Å². The molecule has 0 unspecified atom stereocenters. The van der Waals surface area contributed by atoms with Gasteiger partial charge < -0.3 is 9.88 Å². The van der Waals surface area contributed by atoms with E-state index in [4.69, 9.17) is 11.6 Å². The number of pyridine rings is 1. The number of H-pyrrole nitrogens is 1. The number of ketones is 1. The molecule has 1 aromatic carbocycles. The van der Waals surface area contributed by atoms with E-state index in [1.54, 1.807) is 47.6 Å². The lowest BCUT2D eigenvalue weighted by Gasteiger charge is -2.20. The number of nitrogens with zero attached hydrogens (tertiary/aromatic N) is 2. The Hall–Kier alpha value is -2.92. The van der Waals surface area contributed by atoms with Crippen molar-refractivity contribution in [3.8, 4) is 0 Å². The Morgan fingerprint density at radius 1 is 1.19 bits per heavy atom. The molecule has 2 heterocycles. The first kappa shape index (κ1) is 17.9. The van der Waals surface area contributed by atoms with E-state index in [1.807, 2.05) is 19.1 Å². The van der Waals surface area contributed by atoms with E-state index in [1.165, 1.54) is 6.92 Å². The minimum absolute atomic E-state index is 0.101. The summed E-state index contributed by atoms with van der Waals surface area (Å²) in [7, 11) is 0. The van der Waals surface area contributed by atoms with Crippen LogP contribution in [0.25, 0.3) is 0 Å². The van der Waals surface area contributed by atoms with Crippen LogP contribution in [0.1, 0.15) is 34.2 Å². The Balaban J connectivity index is 1.86. The highest BCUT2D eigenvalue weighted by Gasteiger charge is 2.18. The van der Waals surface area contributed by atoms with Crippen molar-refractivity contribution in [1.29, 1.82) is 0 Å². The third kappa shape index (κ3) is 3.83. The maximum absolute atomic E-state index is 12.7. The van der Waals surface area contributed by atoms with E-state index >= 15 is 0 Å². The van der Waals surface area contributed by atoms with Gasteiger partial charge in [0.1, 0.15) is 0 Å². The summed E-state index contributed by atoms with van der Waals surface area (Å²) < 4.78 is 0. The number of hydrogen-bond donors (Lipinski definition) is 1. The van der Waals surface area contributed by atoms with Crippen LogP contribution in [0.5, 0.6) is 0 Å². The molecule has 5 nitrogen and oxygen atoms in total. The van der Waals surface area contributed by atoms with Crippen molar-refractivity contribution in [2.75, 3.05) is 4.90 Å². The van der Waals surface area contributed by atoms with Gasteiger partial charge in [0, 0.05) is 29.4 Å². The van der Waals surface area contributed by atoms with Gasteiger partial charge in [-0.25, -0.2) is 0 Å². The largest absolute Gasteiger partial charge is 0.354 e. The molecule has 3 aromatic rings. The molecule has 132 valence electrons. The Kier molecular flexibility index (Phi) is 5.19. The van der Waals surface area contributed by atoms with Gasteiger partial charge in [-0.3, -0.25) is 14.6 Å². The van der Waals surface area contributed by atoms with Crippen molar-refractivity contribution >= 4 is 29.0 Å². The number of carbonyl (C=O) groups excluding carboxylic acids is 2. The molecule has 0 aliphatic rings. The highest BCUT2D eigenvalue weighted by atomic mass is 35.5. The van der Waals surface area contributed by atoms with Crippen LogP contribution in [0, 0.1) is 6.92 Å². The van der Waals surface area contributed by atoms with Crippen molar-refractivity contribution in [2.24, 2.45) is 0 Å². The first-order chi connectivity index (χ1) is 12.5. The maximum atomic E-state index is 12.7. The number of aromatic amines is 1. The second-order valence-corrected chi connectivity index (χ2v) is 6.44. The molecule has 0 saturated carbocycles. The van der Waals surface area contributed by atoms with Gasteiger partial charge in [-0.1, -0.05) is 11.6 Å². The lowest BCUT2D eigenvalue weighted by atomic mass is 10.1. The van der Waals surface area contributed by atoms with Crippen LogP contribution in [0.15, 0.2) is 54.9 Å². The van der Waals surface area contributed by atoms with E-state index in [0.717, 1.165) is 11.3 Å². The third-order valence-corrected chi connectivity index (χ3v) is 4.32. The smallest absolute Gasteiger partial charge is 0.224 e. The summed E-state index contributed by atoms with van der Waals surface area (Å²) in [5.41, 5.74) is 3.38. The number of halogens is 1. The minimum Gasteiger partial charge on any atom is -0.354 e. The van der Waals surface area contributed by atoms with Crippen LogP contribution >= 0.6 is 11.6 Å². The van der Waals surface area contributed by atoms with Crippen LogP contribution in [0.2, 0.25) is 5.02 Å². The summed E-state index contributed by atoms with van der Waals surface area (Å²) in [6.07, 6.45) is 3.29. The van der Waals surface area contributed by atoms with Gasteiger partial charge >= 0.3 is 0 Å². The molecule has 1 amide bonds. The average Bonchev–Trinajstić information content (AvgIpc) is 3.00. The van der Waals surface area contributed by atoms with Crippen molar-refractivity contribution in [3.63, 3.8) is 0 Å². The molecule has 0 saturated heterocycles. The lowest BCUT2D eigenvalue weighted by Crippen LogP contribution is -2.28. The fourth-order valence-corrected chi connectivity index (χ4v) is 2.89. The number of benzene rings is 1. The summed E-state index contributed by atoms with van der Waals surface area (Å²) in [6.45, 7) is 3.70. The highest BCUT2D eigenvalue weighted by molar-refractivity contribution is 6.30. The first-order valence-electron chi connectivity index (χ1n) is 8.12. The van der Waals surface area contributed by atoms with E-state index in [2.05, 4.69) is 9.97 Å². The quantitative estimate of drug-likeness (QED) is 0.689. The molecule has 2 aromatic heterocycles. The molecule has 26 heavy (non-hydrogen) atoms. The summed E-state index contributed by atoms with van der Waals surface area (Å²) in [6, 6.07) is 12.3. The molecule has 3 rings (SSSR count). The van der Waals surface area contributed by atoms with Gasteiger partial charge in [0.2, 0.25) is 11.7 Å². The highest BCUT2D eigenvalue weighted by Crippen LogP contribution is 2.20. The lowest BCUT2D eigenvalue weighted by molar-refractivity contribution is -0.116. The fraction of sp³-hybridized carbons (Fsp3) is 0.150. The third-order valence-electron chi connectivity index (χ3n) is 4.07. The van der Waals surface area contributed by atoms with Crippen LogP contribution in [-0.4, -0.2) is 21.7 Å². The Bertz CT molecular complexity index is 933. The average molecular weight is 368 g/mol. The van der Waals surface area contributed by atoms with E-state index in [0.29, 0.717) is 28.5 Å². The molecule has 6 heteroatoms. The van der Waals surface area contributed by atoms with Crippen molar-refractivity contribution in [1.82, 2.24) is 9.97 Å². The molecule has 0 radical (unpaired) electrons. The second-order valence-electron chi connectivity index (χ2n) is 6.00. The zero-order valence-corrected chi connectivity index (χ0v) is 15.2. The summed E-state index contributed by atoms with van der Waals surface area (Å²) in [5, 5.41) is 0.582. The molecule has 0 aliphatic carbocycles. The van der Waals surface area contributed by atoms with Gasteiger partial charge in [-0.2, -0.15) is 0 Å². The predicted molar refractivity (Wildman–Crippen MR) is 102 cm³/mol. The van der Waals surface area contributed by atoms with Gasteiger partial charge in [-0.15, -0.1) is 0 Å². The number of rotatable bonds is 5. The molecule has 0 bridgehead atoms. The molecule has 0 aliphatic heterocycles. The maximum Gasteiger partial charge on any atom is 0.224 e. The Morgan fingerprint density at radius 3 is 2.54 bits per heavy atom. The summed E-state index contributed by atoms with van der Waals surface area (Å²) in [4.78, 5) is 33.6. The molecule has 0 spiro atoms. The molecule has 0 atom stereocenters. The van der Waals surface area contributed by atoms with Crippen molar-refractivity contribution < 1.29 is 9.59 Å². The number of amides is 1.